The summed E-state index contributed by atoms with van der Waals surface area (Å²) >= 11 is 0. The third kappa shape index (κ3) is 1.42. The largest absolute Gasteiger partial charge is 0.481 e. The van der Waals surface area contributed by atoms with Crippen LogP contribution in [0.1, 0.15) is 0 Å². The lowest BCUT2D eigenvalue weighted by atomic mass is 10.4. The fourth-order valence-corrected chi connectivity index (χ4v) is 1.24. The lowest BCUT2D eigenvalue weighted by Crippen LogP contribution is -2.01. The van der Waals surface area contributed by atoms with Crippen molar-refractivity contribution in [1.29, 1.82) is 0 Å². The Bertz CT molecular complexity index is 423. The molecule has 0 amide bonds. The zero-order valence-corrected chi connectivity index (χ0v) is 7.84. The van der Waals surface area contributed by atoms with Crippen LogP contribution in [0.2, 0.25) is 0 Å². The molecule has 0 aromatic carbocycles. The molecular formula is C10H11N3O. The van der Waals surface area contributed by atoms with Gasteiger partial charge in [-0.05, 0) is 18.2 Å². The normalized spacial score (nSPS) is 10.1. The van der Waals surface area contributed by atoms with Crippen molar-refractivity contribution in [3.8, 4) is 11.7 Å². The summed E-state index contributed by atoms with van der Waals surface area (Å²) in [6.07, 6.45) is 3.77. The molecule has 0 fully saturated rings. The molecule has 0 aliphatic rings. The summed E-state index contributed by atoms with van der Waals surface area (Å²) in [7, 11) is 1.58. The second-order valence-electron chi connectivity index (χ2n) is 2.86. The molecule has 0 saturated carbocycles. The van der Waals surface area contributed by atoms with E-state index in [1.165, 1.54) is 0 Å². The van der Waals surface area contributed by atoms with Crippen LogP contribution < -0.4 is 10.5 Å². The Labute approximate surface area is 81.9 Å². The van der Waals surface area contributed by atoms with E-state index in [9.17, 15) is 0 Å². The topological polar surface area (TPSA) is 53.1 Å². The maximum atomic E-state index is 5.80. The fourth-order valence-electron chi connectivity index (χ4n) is 1.24. The van der Waals surface area contributed by atoms with Crippen molar-refractivity contribution in [2.45, 2.75) is 0 Å². The maximum Gasteiger partial charge on any atom is 0.215 e. The first-order valence-electron chi connectivity index (χ1n) is 4.25. The van der Waals surface area contributed by atoms with Crippen LogP contribution in [0.4, 0.5) is 5.69 Å². The standard InChI is InChI=1S/C10H11N3O/c1-14-9-5-4-8(11)10(12-9)13-6-2-3-7-13/h2-7H,11H2,1H3. The van der Waals surface area contributed by atoms with E-state index in [0.29, 0.717) is 17.4 Å². The Morgan fingerprint density at radius 2 is 2.00 bits per heavy atom. The summed E-state index contributed by atoms with van der Waals surface area (Å²) in [6, 6.07) is 7.35. The molecule has 0 unspecified atom stereocenters. The lowest BCUT2D eigenvalue weighted by Gasteiger charge is -2.07. The van der Waals surface area contributed by atoms with E-state index in [2.05, 4.69) is 4.98 Å². The fraction of sp³-hybridized carbons (Fsp3) is 0.100. The predicted octanol–water partition coefficient (Wildman–Crippen LogP) is 1.46. The average molecular weight is 189 g/mol. The number of anilines is 1. The number of pyridine rings is 1. The van der Waals surface area contributed by atoms with Gasteiger partial charge in [0.25, 0.3) is 0 Å². The molecule has 72 valence electrons. The van der Waals surface area contributed by atoms with E-state index in [4.69, 9.17) is 10.5 Å². The zero-order valence-electron chi connectivity index (χ0n) is 7.84. The Morgan fingerprint density at radius 1 is 1.29 bits per heavy atom. The number of ether oxygens (including phenoxy) is 1. The predicted molar refractivity (Wildman–Crippen MR) is 54.5 cm³/mol. The van der Waals surface area contributed by atoms with Crippen LogP contribution >= 0.6 is 0 Å². The molecule has 0 spiro atoms. The monoisotopic (exact) mass is 189 g/mol. The van der Waals surface area contributed by atoms with Gasteiger partial charge in [0.1, 0.15) is 0 Å². The highest BCUT2D eigenvalue weighted by Gasteiger charge is 2.03. The van der Waals surface area contributed by atoms with Crippen molar-refractivity contribution in [2.75, 3.05) is 12.8 Å². The number of hydrogen-bond donors (Lipinski definition) is 1. The summed E-state index contributed by atoms with van der Waals surface area (Å²) in [4.78, 5) is 4.25. The van der Waals surface area contributed by atoms with Crippen LogP contribution in [0.5, 0.6) is 5.88 Å². The Hall–Kier alpha value is -1.97. The van der Waals surface area contributed by atoms with E-state index in [1.807, 2.05) is 29.1 Å². The first-order chi connectivity index (χ1) is 6.81. The van der Waals surface area contributed by atoms with Crippen molar-refractivity contribution in [3.63, 3.8) is 0 Å². The van der Waals surface area contributed by atoms with Crippen LogP contribution in [-0.2, 0) is 0 Å². The number of nitrogens with two attached hydrogens (primary N) is 1. The minimum Gasteiger partial charge on any atom is -0.481 e. The Morgan fingerprint density at radius 3 is 2.64 bits per heavy atom. The molecule has 2 aromatic rings. The van der Waals surface area contributed by atoms with Crippen LogP contribution in [-0.4, -0.2) is 16.7 Å². The minimum atomic E-state index is 0.558. The zero-order chi connectivity index (χ0) is 9.97. The number of hydrogen-bond acceptors (Lipinski definition) is 3. The van der Waals surface area contributed by atoms with Gasteiger partial charge < -0.3 is 15.0 Å². The quantitative estimate of drug-likeness (QED) is 0.778. The molecular weight excluding hydrogens is 178 g/mol. The van der Waals surface area contributed by atoms with Gasteiger partial charge in [0.15, 0.2) is 5.82 Å². The molecule has 2 N–H and O–H groups in total. The molecule has 0 radical (unpaired) electrons. The summed E-state index contributed by atoms with van der Waals surface area (Å²) in [5.41, 5.74) is 6.42. The van der Waals surface area contributed by atoms with Crippen molar-refractivity contribution in [3.05, 3.63) is 36.7 Å². The van der Waals surface area contributed by atoms with Gasteiger partial charge in [0, 0.05) is 18.5 Å². The highest BCUT2D eigenvalue weighted by molar-refractivity contribution is 5.54. The highest BCUT2D eigenvalue weighted by Crippen LogP contribution is 2.18. The second kappa shape index (κ2) is 3.41. The third-order valence-electron chi connectivity index (χ3n) is 1.94. The molecule has 2 heterocycles. The molecule has 14 heavy (non-hydrogen) atoms. The van der Waals surface area contributed by atoms with Crippen LogP contribution in [0, 0.1) is 0 Å². The molecule has 2 aromatic heterocycles. The van der Waals surface area contributed by atoms with Crippen LogP contribution in [0.15, 0.2) is 36.7 Å². The first kappa shape index (κ1) is 8.62. The SMILES string of the molecule is COc1ccc(N)c(-n2cccc2)n1. The molecule has 0 saturated heterocycles. The third-order valence-corrected chi connectivity index (χ3v) is 1.94. The molecule has 0 aliphatic carbocycles. The van der Waals surface area contributed by atoms with Crippen molar-refractivity contribution < 1.29 is 4.74 Å². The average Bonchev–Trinajstić information content (AvgIpc) is 2.71. The van der Waals surface area contributed by atoms with Gasteiger partial charge in [-0.1, -0.05) is 0 Å². The number of nitrogens with zero attached hydrogens (tertiary/aromatic N) is 2. The number of methoxy groups -OCH3 is 1. The molecule has 0 atom stereocenters. The van der Waals surface area contributed by atoms with Gasteiger partial charge in [0.05, 0.1) is 12.8 Å². The molecule has 4 heteroatoms. The number of rotatable bonds is 2. The van der Waals surface area contributed by atoms with Gasteiger partial charge in [-0.2, -0.15) is 4.98 Å². The molecule has 0 aliphatic heterocycles. The first-order valence-corrected chi connectivity index (χ1v) is 4.25. The van der Waals surface area contributed by atoms with Gasteiger partial charge in [-0.3, -0.25) is 0 Å². The number of aromatic nitrogens is 2. The van der Waals surface area contributed by atoms with Gasteiger partial charge in [-0.25, -0.2) is 0 Å². The van der Waals surface area contributed by atoms with E-state index in [-0.39, 0.29) is 0 Å². The lowest BCUT2D eigenvalue weighted by molar-refractivity contribution is 0.397. The molecule has 2 rings (SSSR count). The summed E-state index contributed by atoms with van der Waals surface area (Å²) in [6.45, 7) is 0. The Balaban J connectivity index is 2.51. The van der Waals surface area contributed by atoms with Crippen molar-refractivity contribution in [1.82, 2.24) is 9.55 Å². The summed E-state index contributed by atoms with van der Waals surface area (Å²) < 4.78 is 6.87. The summed E-state index contributed by atoms with van der Waals surface area (Å²) in [5.74, 6) is 1.25. The van der Waals surface area contributed by atoms with Gasteiger partial charge in [0.2, 0.25) is 5.88 Å². The van der Waals surface area contributed by atoms with Crippen molar-refractivity contribution in [2.24, 2.45) is 0 Å². The van der Waals surface area contributed by atoms with E-state index in [1.54, 1.807) is 19.2 Å². The smallest absolute Gasteiger partial charge is 0.215 e. The van der Waals surface area contributed by atoms with Crippen LogP contribution in [0.25, 0.3) is 5.82 Å². The van der Waals surface area contributed by atoms with E-state index < -0.39 is 0 Å². The summed E-state index contributed by atoms with van der Waals surface area (Å²) in [5, 5.41) is 0. The minimum absolute atomic E-state index is 0.558. The Kier molecular flexibility index (Phi) is 2.10. The van der Waals surface area contributed by atoms with E-state index in [0.717, 1.165) is 0 Å². The van der Waals surface area contributed by atoms with Crippen molar-refractivity contribution >= 4 is 5.69 Å². The highest BCUT2D eigenvalue weighted by atomic mass is 16.5. The number of nitrogen functional groups attached to an aromatic ring is 1. The van der Waals surface area contributed by atoms with E-state index >= 15 is 0 Å². The molecule has 0 bridgehead atoms. The maximum absolute atomic E-state index is 5.80. The van der Waals surface area contributed by atoms with Crippen LogP contribution in [0.3, 0.4) is 0 Å². The van der Waals surface area contributed by atoms with Gasteiger partial charge >= 0.3 is 0 Å². The van der Waals surface area contributed by atoms with Gasteiger partial charge in [-0.15, -0.1) is 0 Å². The molecule has 4 nitrogen and oxygen atoms in total. The second-order valence-corrected chi connectivity index (χ2v) is 2.86.